The predicted octanol–water partition coefficient (Wildman–Crippen LogP) is 2.60. The number of piperidine rings is 1. The average molecular weight is 538 g/mol. The number of nitrogens with one attached hydrogen (secondary N) is 1. The van der Waals surface area contributed by atoms with Crippen molar-refractivity contribution < 1.29 is 23.9 Å². The molecule has 3 radical (unpaired) electrons. The van der Waals surface area contributed by atoms with E-state index in [9.17, 15) is 14.4 Å². The highest BCUT2D eigenvalue weighted by atomic mass is 79.9. The van der Waals surface area contributed by atoms with Crippen molar-refractivity contribution in [1.82, 2.24) is 15.2 Å². The van der Waals surface area contributed by atoms with Gasteiger partial charge in [0.25, 0.3) is 0 Å². The number of hydrogen-bond donors (Lipinski definition) is 1. The molecule has 1 aliphatic rings. The number of alkyl carbamates (subject to hydrolysis) is 1. The van der Waals surface area contributed by atoms with Crippen LogP contribution in [0.3, 0.4) is 0 Å². The Kier molecular flexibility index (Phi) is 12.4. The van der Waals surface area contributed by atoms with Crippen LogP contribution in [0.5, 0.6) is 0 Å². The molecule has 0 spiro atoms. The minimum Gasteiger partial charge on any atom is -0.464 e. The molecule has 11 heteroatoms. The van der Waals surface area contributed by atoms with Gasteiger partial charge in [-0.2, -0.15) is 0 Å². The molecule has 1 saturated heterocycles. The third-order valence-electron chi connectivity index (χ3n) is 5.31. The number of carbonyl (C=O) groups excluding carboxylic acids is 3. The van der Waals surface area contributed by atoms with Crippen LogP contribution in [0.1, 0.15) is 40.5 Å². The number of anilines is 1. The molecule has 187 valence electrons. The van der Waals surface area contributed by atoms with Gasteiger partial charge >= 0.3 is 12.1 Å². The molecule has 0 bridgehead atoms. The molecule has 2 amide bonds. The lowest BCUT2D eigenvalue weighted by atomic mass is 9.95. The number of rotatable bonds is 9. The maximum absolute atomic E-state index is 12.8. The Balaban J connectivity index is 0.00000578. The number of pyridine rings is 1. The molecule has 1 fully saturated rings. The number of amides is 2. The van der Waals surface area contributed by atoms with Crippen LogP contribution in [0.4, 0.5) is 10.5 Å². The molecular weight excluding hydrogens is 503 g/mol. The molecule has 1 N–H and O–H groups in total. The van der Waals surface area contributed by atoms with Crippen LogP contribution >= 0.6 is 15.9 Å². The molecule has 1 atom stereocenters. The molecule has 0 aliphatic carbocycles. The topological polar surface area (TPSA) is 101 Å². The van der Waals surface area contributed by atoms with Gasteiger partial charge < -0.3 is 24.6 Å². The summed E-state index contributed by atoms with van der Waals surface area (Å²) in [5.74, 6) is -0.544. The highest BCUT2D eigenvalue weighted by Gasteiger charge is 2.34. The summed E-state index contributed by atoms with van der Waals surface area (Å²) in [6, 6.07) is 3.04. The second kappa shape index (κ2) is 14.2. The fraction of sp³-hybridized carbons (Fsp3) is 0.652. The lowest BCUT2D eigenvalue weighted by molar-refractivity contribution is -0.154. The number of aromatic nitrogens is 1. The number of nitrogens with zero attached hydrogens (tertiary/aromatic N) is 3. The van der Waals surface area contributed by atoms with Crippen LogP contribution in [0.2, 0.25) is 0 Å². The Hall–Kier alpha value is -2.30. The number of ether oxygens (including phenoxy) is 2. The molecule has 2 heterocycles. The SMILES string of the molecule is CCOC(=O)[C@@H](CNC(=O)OC(C)(C)C)N(CC1CCN(c2ccncc2)CC1)C(=O)CBr.[B]. The van der Waals surface area contributed by atoms with Crippen LogP contribution < -0.4 is 10.2 Å². The van der Waals surface area contributed by atoms with Crippen molar-refractivity contribution in [3.05, 3.63) is 24.5 Å². The molecule has 34 heavy (non-hydrogen) atoms. The van der Waals surface area contributed by atoms with Crippen molar-refractivity contribution in [2.75, 3.05) is 43.0 Å². The third-order valence-corrected chi connectivity index (χ3v) is 5.79. The van der Waals surface area contributed by atoms with Crippen LogP contribution in [-0.2, 0) is 19.1 Å². The summed E-state index contributed by atoms with van der Waals surface area (Å²) in [5.41, 5.74) is 0.459. The van der Waals surface area contributed by atoms with Gasteiger partial charge in [-0.3, -0.25) is 9.78 Å². The number of halogens is 1. The van der Waals surface area contributed by atoms with Crippen LogP contribution in [-0.4, -0.2) is 86.0 Å². The van der Waals surface area contributed by atoms with Crippen LogP contribution in [0.25, 0.3) is 0 Å². The lowest BCUT2D eigenvalue weighted by Gasteiger charge is -2.38. The largest absolute Gasteiger partial charge is 0.464 e. The average Bonchev–Trinajstić information content (AvgIpc) is 2.78. The smallest absolute Gasteiger partial charge is 0.407 e. The highest BCUT2D eigenvalue weighted by Crippen LogP contribution is 2.24. The van der Waals surface area contributed by atoms with Crippen LogP contribution in [0.15, 0.2) is 24.5 Å². The van der Waals surface area contributed by atoms with Crippen molar-refractivity contribution in [3.63, 3.8) is 0 Å². The Bertz CT molecular complexity index is 785. The first kappa shape index (κ1) is 29.7. The monoisotopic (exact) mass is 537 g/mol. The summed E-state index contributed by atoms with van der Waals surface area (Å²) in [4.78, 5) is 45.6. The van der Waals surface area contributed by atoms with Gasteiger partial charge in [-0.15, -0.1) is 0 Å². The van der Waals surface area contributed by atoms with E-state index in [-0.39, 0.29) is 38.7 Å². The molecular formula is C23H35BBrN4O5. The summed E-state index contributed by atoms with van der Waals surface area (Å²) in [6.07, 6.45) is 4.67. The second-order valence-electron chi connectivity index (χ2n) is 8.97. The number of alkyl halides is 1. The normalized spacial score (nSPS) is 15.0. The first-order valence-electron chi connectivity index (χ1n) is 11.3. The molecule has 2 rings (SSSR count). The van der Waals surface area contributed by atoms with E-state index in [1.165, 1.54) is 4.90 Å². The summed E-state index contributed by atoms with van der Waals surface area (Å²) >= 11 is 3.23. The van der Waals surface area contributed by atoms with Gasteiger partial charge in [-0.05, 0) is 58.6 Å². The molecule has 1 aromatic rings. The molecule has 0 unspecified atom stereocenters. The Labute approximate surface area is 212 Å². The molecule has 0 aromatic carbocycles. The third kappa shape index (κ3) is 9.52. The van der Waals surface area contributed by atoms with E-state index in [0.717, 1.165) is 31.6 Å². The Morgan fingerprint density at radius 3 is 2.38 bits per heavy atom. The van der Waals surface area contributed by atoms with Gasteiger partial charge in [0.05, 0.1) is 18.5 Å². The predicted molar refractivity (Wildman–Crippen MR) is 135 cm³/mol. The van der Waals surface area contributed by atoms with E-state index < -0.39 is 23.7 Å². The van der Waals surface area contributed by atoms with Gasteiger partial charge in [-0.25, -0.2) is 9.59 Å². The minimum atomic E-state index is -0.930. The van der Waals surface area contributed by atoms with E-state index in [1.54, 1.807) is 40.1 Å². The summed E-state index contributed by atoms with van der Waals surface area (Å²) in [5, 5.41) is 2.69. The van der Waals surface area contributed by atoms with Crippen molar-refractivity contribution in [1.29, 1.82) is 0 Å². The summed E-state index contributed by atoms with van der Waals surface area (Å²) in [6.45, 7) is 9.20. The molecule has 1 aliphatic heterocycles. The quantitative estimate of drug-likeness (QED) is 0.293. The van der Waals surface area contributed by atoms with E-state index in [2.05, 4.69) is 31.1 Å². The van der Waals surface area contributed by atoms with E-state index >= 15 is 0 Å². The van der Waals surface area contributed by atoms with Gasteiger partial charge in [0.2, 0.25) is 5.91 Å². The van der Waals surface area contributed by atoms with Gasteiger partial charge in [0.15, 0.2) is 0 Å². The van der Waals surface area contributed by atoms with E-state index in [4.69, 9.17) is 9.47 Å². The maximum Gasteiger partial charge on any atom is 0.407 e. The van der Waals surface area contributed by atoms with E-state index in [0.29, 0.717) is 6.54 Å². The summed E-state index contributed by atoms with van der Waals surface area (Å²) in [7, 11) is 0. The van der Waals surface area contributed by atoms with Crippen molar-refractivity contribution >= 4 is 48.0 Å². The van der Waals surface area contributed by atoms with Gasteiger partial charge in [0, 0.05) is 46.1 Å². The fourth-order valence-electron chi connectivity index (χ4n) is 3.74. The zero-order valence-corrected chi connectivity index (χ0v) is 22.0. The minimum absolute atomic E-state index is 0. The van der Waals surface area contributed by atoms with Crippen molar-refractivity contribution in [2.45, 2.75) is 52.2 Å². The van der Waals surface area contributed by atoms with Gasteiger partial charge in [-0.1, -0.05) is 15.9 Å². The Morgan fingerprint density at radius 2 is 1.85 bits per heavy atom. The molecule has 9 nitrogen and oxygen atoms in total. The fourth-order valence-corrected chi connectivity index (χ4v) is 4.06. The second-order valence-corrected chi connectivity index (χ2v) is 9.53. The van der Waals surface area contributed by atoms with Crippen molar-refractivity contribution in [2.24, 2.45) is 5.92 Å². The number of hydrogen-bond acceptors (Lipinski definition) is 7. The maximum atomic E-state index is 12.8. The zero-order chi connectivity index (χ0) is 24.4. The first-order chi connectivity index (χ1) is 15.6. The molecule has 1 aromatic heterocycles. The first-order valence-corrected chi connectivity index (χ1v) is 12.4. The Morgan fingerprint density at radius 1 is 1.24 bits per heavy atom. The number of carbonyl (C=O) groups is 3. The number of esters is 1. The zero-order valence-electron chi connectivity index (χ0n) is 20.5. The van der Waals surface area contributed by atoms with E-state index in [1.807, 2.05) is 12.1 Å². The summed E-state index contributed by atoms with van der Waals surface area (Å²) < 4.78 is 10.5. The highest BCUT2D eigenvalue weighted by molar-refractivity contribution is 9.09. The lowest BCUT2D eigenvalue weighted by Crippen LogP contribution is -2.54. The standard InChI is InChI=1S/C23H35BrN4O5.B/c1-5-32-21(30)19(15-26-22(31)33-23(2,3)4)28(20(29)14-24)16-17-8-12-27(13-9-17)18-6-10-25-11-7-18;/h6-7,10-11,17,19H,5,8-9,12-16H2,1-4H3,(H,26,31);/t19-;/m1./s1. The van der Waals surface area contributed by atoms with Crippen molar-refractivity contribution in [3.8, 4) is 0 Å². The molecule has 0 saturated carbocycles. The van der Waals surface area contributed by atoms with Gasteiger partial charge in [0.1, 0.15) is 11.6 Å². The van der Waals surface area contributed by atoms with Crippen LogP contribution in [0, 0.1) is 5.92 Å².